The highest BCUT2D eigenvalue weighted by atomic mass is 16.5. The van der Waals surface area contributed by atoms with Crippen molar-refractivity contribution < 1.29 is 24.2 Å². The minimum Gasteiger partial charge on any atom is -0.481 e. The molecule has 0 aromatic heterocycles. The Bertz CT molecular complexity index is 319. The number of aliphatic carboxylic acids is 1. The lowest BCUT2D eigenvalue weighted by atomic mass is 10.1. The Kier molecular flexibility index (Phi) is 8.52. The quantitative estimate of drug-likeness (QED) is 0.510. The second-order valence-corrected chi connectivity index (χ2v) is 4.22. The Hall–Kier alpha value is -1.63. The van der Waals surface area contributed by atoms with Crippen LogP contribution in [0, 0.1) is 0 Å². The van der Waals surface area contributed by atoms with Crippen LogP contribution in [0.4, 0.5) is 0 Å². The number of amides is 1. The van der Waals surface area contributed by atoms with E-state index in [0.29, 0.717) is 19.3 Å². The third-order valence-corrected chi connectivity index (χ3v) is 2.36. The van der Waals surface area contributed by atoms with Crippen LogP contribution in [0.3, 0.4) is 0 Å². The Balaban J connectivity index is 4.43. The zero-order chi connectivity index (χ0) is 14.8. The third kappa shape index (κ3) is 7.40. The molecular weight excluding hydrogens is 252 g/mol. The third-order valence-electron chi connectivity index (χ3n) is 2.36. The van der Waals surface area contributed by atoms with Crippen molar-refractivity contribution in [1.29, 1.82) is 0 Å². The zero-order valence-electron chi connectivity index (χ0n) is 11.3. The van der Waals surface area contributed by atoms with E-state index >= 15 is 0 Å². The van der Waals surface area contributed by atoms with Gasteiger partial charge in [-0.15, -0.1) is 0 Å². The summed E-state index contributed by atoms with van der Waals surface area (Å²) in [6, 6.07) is -1.94. The molecule has 7 heteroatoms. The van der Waals surface area contributed by atoms with Gasteiger partial charge in [0.15, 0.2) is 0 Å². The van der Waals surface area contributed by atoms with Gasteiger partial charge in [-0.3, -0.25) is 9.59 Å². The van der Waals surface area contributed by atoms with E-state index in [2.05, 4.69) is 5.32 Å². The van der Waals surface area contributed by atoms with E-state index in [9.17, 15) is 14.4 Å². The van der Waals surface area contributed by atoms with Gasteiger partial charge in [0, 0.05) is 0 Å². The second-order valence-electron chi connectivity index (χ2n) is 4.22. The maximum atomic E-state index is 11.7. The van der Waals surface area contributed by atoms with Crippen molar-refractivity contribution in [3.05, 3.63) is 0 Å². The number of rotatable bonds is 9. The molecule has 0 aliphatic heterocycles. The monoisotopic (exact) mass is 274 g/mol. The van der Waals surface area contributed by atoms with E-state index in [0.717, 1.165) is 0 Å². The van der Waals surface area contributed by atoms with Gasteiger partial charge in [0.05, 0.1) is 19.1 Å². The number of esters is 1. The van der Waals surface area contributed by atoms with Gasteiger partial charge >= 0.3 is 11.9 Å². The zero-order valence-corrected chi connectivity index (χ0v) is 11.3. The van der Waals surface area contributed by atoms with Crippen molar-refractivity contribution in [1.82, 2.24) is 5.32 Å². The van der Waals surface area contributed by atoms with Crippen molar-refractivity contribution in [2.75, 3.05) is 6.61 Å². The molecule has 1 amide bonds. The average Bonchev–Trinajstić information content (AvgIpc) is 2.34. The molecule has 2 atom stereocenters. The van der Waals surface area contributed by atoms with Crippen LogP contribution < -0.4 is 11.1 Å². The fourth-order valence-corrected chi connectivity index (χ4v) is 1.40. The van der Waals surface area contributed by atoms with Gasteiger partial charge in [-0.1, -0.05) is 20.3 Å². The first-order valence-electron chi connectivity index (χ1n) is 6.36. The van der Waals surface area contributed by atoms with Crippen LogP contribution in [-0.4, -0.2) is 41.6 Å². The summed E-state index contributed by atoms with van der Waals surface area (Å²) in [5, 5.41) is 11.0. The predicted molar refractivity (Wildman–Crippen MR) is 68.3 cm³/mol. The minimum absolute atomic E-state index is 0.288. The molecule has 0 aliphatic carbocycles. The number of carboxylic acid groups (broad SMARTS) is 1. The normalized spacial score (nSPS) is 13.4. The van der Waals surface area contributed by atoms with Gasteiger partial charge in [-0.25, -0.2) is 4.79 Å². The van der Waals surface area contributed by atoms with E-state index in [1.165, 1.54) is 0 Å². The topological polar surface area (TPSA) is 119 Å². The molecule has 110 valence electrons. The average molecular weight is 274 g/mol. The summed E-state index contributed by atoms with van der Waals surface area (Å²) in [5.74, 6) is -2.34. The lowest BCUT2D eigenvalue weighted by Crippen LogP contribution is -2.49. The molecule has 0 saturated heterocycles. The summed E-state index contributed by atoms with van der Waals surface area (Å²) in [6.07, 6.45) is 1.32. The van der Waals surface area contributed by atoms with Crippen LogP contribution in [0.15, 0.2) is 0 Å². The number of nitrogens with two attached hydrogens (primary N) is 1. The summed E-state index contributed by atoms with van der Waals surface area (Å²) in [7, 11) is 0. The van der Waals surface area contributed by atoms with Gasteiger partial charge in [0.1, 0.15) is 6.04 Å². The van der Waals surface area contributed by atoms with Crippen LogP contribution in [0.2, 0.25) is 0 Å². The van der Waals surface area contributed by atoms with Crippen molar-refractivity contribution in [3.8, 4) is 0 Å². The molecular formula is C12H22N2O5. The summed E-state index contributed by atoms with van der Waals surface area (Å²) in [4.78, 5) is 33.8. The molecule has 0 unspecified atom stereocenters. The Morgan fingerprint density at radius 1 is 1.26 bits per heavy atom. The maximum Gasteiger partial charge on any atom is 0.328 e. The van der Waals surface area contributed by atoms with Gasteiger partial charge in [-0.05, 0) is 12.8 Å². The number of carboxylic acids is 1. The van der Waals surface area contributed by atoms with Crippen molar-refractivity contribution in [2.24, 2.45) is 5.73 Å². The predicted octanol–water partition coefficient (Wildman–Crippen LogP) is 0.0265. The number of carbonyl (C=O) groups excluding carboxylic acids is 2. The number of carbonyl (C=O) groups is 3. The number of hydrogen-bond donors (Lipinski definition) is 3. The molecule has 0 heterocycles. The molecule has 19 heavy (non-hydrogen) atoms. The highest BCUT2D eigenvalue weighted by Gasteiger charge is 2.25. The minimum atomic E-state index is -1.17. The molecule has 4 N–H and O–H groups in total. The largest absolute Gasteiger partial charge is 0.481 e. The van der Waals surface area contributed by atoms with Gasteiger partial charge in [0.25, 0.3) is 0 Å². The molecule has 0 radical (unpaired) electrons. The second kappa shape index (κ2) is 9.32. The Morgan fingerprint density at radius 3 is 2.37 bits per heavy atom. The first-order chi connectivity index (χ1) is 8.92. The van der Waals surface area contributed by atoms with Gasteiger partial charge in [0.2, 0.25) is 5.91 Å². The summed E-state index contributed by atoms with van der Waals surface area (Å²) in [5.41, 5.74) is 5.42. The van der Waals surface area contributed by atoms with E-state index in [4.69, 9.17) is 15.6 Å². The first-order valence-corrected chi connectivity index (χ1v) is 6.36. The van der Waals surface area contributed by atoms with Crippen molar-refractivity contribution in [2.45, 2.75) is 51.6 Å². The highest BCUT2D eigenvalue weighted by Crippen LogP contribution is 2.01. The Labute approximate surface area is 112 Å². The summed E-state index contributed by atoms with van der Waals surface area (Å²) >= 11 is 0. The fourth-order valence-electron chi connectivity index (χ4n) is 1.40. The Morgan fingerprint density at radius 2 is 1.89 bits per heavy atom. The van der Waals surface area contributed by atoms with Crippen LogP contribution in [-0.2, 0) is 19.1 Å². The molecule has 0 bridgehead atoms. The summed E-state index contributed by atoms with van der Waals surface area (Å²) < 4.78 is 4.96. The van der Waals surface area contributed by atoms with E-state index < -0.39 is 36.4 Å². The highest BCUT2D eigenvalue weighted by molar-refractivity contribution is 5.89. The lowest BCUT2D eigenvalue weighted by Gasteiger charge is -2.18. The molecule has 7 nitrogen and oxygen atoms in total. The smallest absolute Gasteiger partial charge is 0.328 e. The number of hydrogen-bond acceptors (Lipinski definition) is 5. The number of nitrogens with one attached hydrogen (secondary N) is 1. The van der Waals surface area contributed by atoms with Crippen LogP contribution in [0.5, 0.6) is 0 Å². The molecule has 0 aliphatic rings. The van der Waals surface area contributed by atoms with Crippen molar-refractivity contribution in [3.63, 3.8) is 0 Å². The van der Waals surface area contributed by atoms with Gasteiger partial charge < -0.3 is 20.9 Å². The van der Waals surface area contributed by atoms with Gasteiger partial charge in [-0.2, -0.15) is 0 Å². The maximum absolute atomic E-state index is 11.7. The molecule has 0 aromatic rings. The molecule has 0 aromatic carbocycles. The summed E-state index contributed by atoms with van der Waals surface area (Å²) in [6.45, 7) is 4.02. The van der Waals surface area contributed by atoms with E-state index in [1.807, 2.05) is 13.8 Å². The molecule has 0 rings (SSSR count). The van der Waals surface area contributed by atoms with E-state index in [-0.39, 0.29) is 6.61 Å². The SMILES string of the molecule is CCCOC(=O)[C@@H](CCC)NC(=O)[C@@H](N)CC(=O)O. The molecule has 0 spiro atoms. The lowest BCUT2D eigenvalue weighted by molar-refractivity contribution is -0.148. The fraction of sp³-hybridized carbons (Fsp3) is 0.750. The molecule has 0 fully saturated rings. The first kappa shape index (κ1) is 17.4. The van der Waals surface area contributed by atoms with Crippen LogP contribution in [0.25, 0.3) is 0 Å². The van der Waals surface area contributed by atoms with Crippen LogP contribution >= 0.6 is 0 Å². The standard InChI is InChI=1S/C12H22N2O5/c1-3-5-9(12(18)19-6-4-2)14-11(17)8(13)7-10(15)16/h8-9H,3-7,13H2,1-2H3,(H,14,17)(H,15,16)/t8-,9+/m0/s1. The van der Waals surface area contributed by atoms with Crippen molar-refractivity contribution >= 4 is 17.8 Å². The molecule has 0 saturated carbocycles. The number of ether oxygens (including phenoxy) is 1. The van der Waals surface area contributed by atoms with E-state index in [1.54, 1.807) is 0 Å². The van der Waals surface area contributed by atoms with Crippen LogP contribution in [0.1, 0.15) is 39.5 Å².